The largest absolute Gasteiger partial charge is 0.504 e. The van der Waals surface area contributed by atoms with Crippen LogP contribution in [0.2, 0.25) is 0 Å². The van der Waals surface area contributed by atoms with E-state index >= 15 is 0 Å². The molecule has 0 aliphatic rings. The minimum absolute atomic E-state index is 0.283. The molecule has 0 aliphatic carbocycles. The zero-order valence-electron chi connectivity index (χ0n) is 15.6. The summed E-state index contributed by atoms with van der Waals surface area (Å²) in [5.74, 6) is -1.39. The molecular weight excluding hydrogens is 386 g/mol. The number of rotatable bonds is 4. The standard InChI is InChI=1S/C22H19N3O3S/c1-2-23-22-25(24-12-15-10-11-19(26)21(28)20(15)27)18(13-29-22)17-9-5-7-14-6-3-4-8-16(14)17/h3-13,26-28H,2H2,1H3. The van der Waals surface area contributed by atoms with E-state index in [1.165, 1.54) is 29.7 Å². The predicted molar refractivity (Wildman–Crippen MR) is 116 cm³/mol. The van der Waals surface area contributed by atoms with Crippen LogP contribution in [0, 0.1) is 0 Å². The summed E-state index contributed by atoms with van der Waals surface area (Å²) in [6.07, 6.45) is 1.44. The number of fused-ring (bicyclic) bond motifs is 1. The van der Waals surface area contributed by atoms with Gasteiger partial charge in [0.1, 0.15) is 0 Å². The highest BCUT2D eigenvalue weighted by Gasteiger charge is 2.12. The number of hydrogen-bond acceptors (Lipinski definition) is 6. The Kier molecular flexibility index (Phi) is 5.05. The Balaban J connectivity index is 1.89. The second-order valence-electron chi connectivity index (χ2n) is 6.33. The van der Waals surface area contributed by atoms with E-state index in [4.69, 9.17) is 0 Å². The third-order valence-electron chi connectivity index (χ3n) is 4.52. The number of thiazole rings is 1. The van der Waals surface area contributed by atoms with Crippen LogP contribution in [0.15, 0.2) is 70.1 Å². The molecule has 4 rings (SSSR count). The molecule has 1 heterocycles. The summed E-state index contributed by atoms with van der Waals surface area (Å²) >= 11 is 1.48. The van der Waals surface area contributed by atoms with Crippen LogP contribution in [0.4, 0.5) is 0 Å². The Morgan fingerprint density at radius 1 is 0.966 bits per heavy atom. The molecule has 0 unspecified atom stereocenters. The molecule has 0 radical (unpaired) electrons. The van der Waals surface area contributed by atoms with Crippen molar-refractivity contribution in [2.45, 2.75) is 6.92 Å². The maximum absolute atomic E-state index is 10.1. The van der Waals surface area contributed by atoms with E-state index < -0.39 is 11.5 Å². The van der Waals surface area contributed by atoms with Crippen molar-refractivity contribution < 1.29 is 15.3 Å². The van der Waals surface area contributed by atoms with Crippen LogP contribution < -0.4 is 4.80 Å². The molecule has 0 saturated heterocycles. The van der Waals surface area contributed by atoms with Crippen molar-refractivity contribution in [1.82, 2.24) is 4.68 Å². The van der Waals surface area contributed by atoms with E-state index in [0.29, 0.717) is 11.3 Å². The Bertz CT molecular complexity index is 1280. The van der Waals surface area contributed by atoms with Gasteiger partial charge >= 0.3 is 0 Å². The number of phenolic OH excluding ortho intramolecular Hbond substituents is 3. The van der Waals surface area contributed by atoms with Crippen molar-refractivity contribution in [3.8, 4) is 28.5 Å². The molecule has 0 fully saturated rings. The molecule has 0 aliphatic heterocycles. The van der Waals surface area contributed by atoms with Crippen molar-refractivity contribution >= 4 is 28.3 Å². The van der Waals surface area contributed by atoms with Crippen LogP contribution in [0.5, 0.6) is 17.2 Å². The minimum Gasteiger partial charge on any atom is -0.504 e. The number of hydrogen-bond donors (Lipinski definition) is 3. The van der Waals surface area contributed by atoms with E-state index in [2.05, 4.69) is 28.3 Å². The maximum atomic E-state index is 10.1. The van der Waals surface area contributed by atoms with Gasteiger partial charge in [0.05, 0.1) is 11.9 Å². The molecule has 1 aromatic heterocycles. The van der Waals surface area contributed by atoms with Gasteiger partial charge in [0.15, 0.2) is 11.5 Å². The van der Waals surface area contributed by atoms with Gasteiger partial charge in [-0.05, 0) is 29.8 Å². The summed E-state index contributed by atoms with van der Waals surface area (Å²) in [5, 5.41) is 38.1. The second kappa shape index (κ2) is 7.81. The third kappa shape index (κ3) is 3.48. The number of nitrogens with zero attached hydrogens (tertiary/aromatic N) is 3. The highest BCUT2D eigenvalue weighted by atomic mass is 32.1. The fourth-order valence-corrected chi connectivity index (χ4v) is 3.99. The third-order valence-corrected chi connectivity index (χ3v) is 5.37. The molecule has 3 N–H and O–H groups in total. The second-order valence-corrected chi connectivity index (χ2v) is 7.17. The highest BCUT2D eigenvalue weighted by Crippen LogP contribution is 2.36. The summed E-state index contributed by atoms with van der Waals surface area (Å²) in [6.45, 7) is 2.56. The molecule has 0 bridgehead atoms. The summed E-state index contributed by atoms with van der Waals surface area (Å²) < 4.78 is 1.72. The zero-order chi connectivity index (χ0) is 20.4. The average molecular weight is 405 g/mol. The minimum atomic E-state index is -0.572. The lowest BCUT2D eigenvalue weighted by atomic mass is 10.0. The number of phenols is 3. The highest BCUT2D eigenvalue weighted by molar-refractivity contribution is 7.07. The summed E-state index contributed by atoms with van der Waals surface area (Å²) in [7, 11) is 0. The van der Waals surface area contributed by atoms with E-state index in [0.717, 1.165) is 22.0 Å². The molecule has 146 valence electrons. The van der Waals surface area contributed by atoms with Crippen LogP contribution >= 0.6 is 11.3 Å². The van der Waals surface area contributed by atoms with Crippen molar-refractivity contribution in [2.75, 3.05) is 6.54 Å². The molecule has 0 amide bonds. The Morgan fingerprint density at radius 3 is 2.59 bits per heavy atom. The van der Waals surface area contributed by atoms with Crippen LogP contribution in [-0.4, -0.2) is 32.8 Å². The fraction of sp³-hybridized carbons (Fsp3) is 0.0909. The molecule has 7 heteroatoms. The van der Waals surface area contributed by atoms with E-state index in [1.54, 1.807) is 4.68 Å². The summed E-state index contributed by atoms with van der Waals surface area (Å²) in [5.41, 5.74) is 2.18. The number of aromatic nitrogens is 1. The van der Waals surface area contributed by atoms with Gasteiger partial charge in [-0.15, -0.1) is 11.3 Å². The van der Waals surface area contributed by atoms with Gasteiger partial charge in [-0.1, -0.05) is 42.5 Å². The molecular formula is C22H19N3O3S. The van der Waals surface area contributed by atoms with Gasteiger partial charge in [-0.3, -0.25) is 4.99 Å². The van der Waals surface area contributed by atoms with Crippen molar-refractivity contribution in [2.24, 2.45) is 10.1 Å². The zero-order valence-corrected chi connectivity index (χ0v) is 16.5. The topological polar surface area (TPSA) is 90.3 Å². The first-order valence-electron chi connectivity index (χ1n) is 9.07. The monoisotopic (exact) mass is 405 g/mol. The summed E-state index contributed by atoms with van der Waals surface area (Å²) in [6, 6.07) is 17.0. The van der Waals surface area contributed by atoms with Crippen LogP contribution in [-0.2, 0) is 0 Å². The molecule has 0 spiro atoms. The predicted octanol–water partition coefficient (Wildman–Crippen LogP) is 4.29. The van der Waals surface area contributed by atoms with Gasteiger partial charge < -0.3 is 15.3 Å². The molecule has 3 aromatic carbocycles. The van der Waals surface area contributed by atoms with Gasteiger partial charge in [-0.25, -0.2) is 4.68 Å². The fourth-order valence-electron chi connectivity index (χ4n) is 3.10. The van der Waals surface area contributed by atoms with Crippen molar-refractivity contribution in [3.63, 3.8) is 0 Å². The van der Waals surface area contributed by atoms with Crippen LogP contribution in [0.3, 0.4) is 0 Å². The lowest BCUT2D eigenvalue weighted by molar-refractivity contribution is 0.367. The maximum Gasteiger partial charge on any atom is 0.206 e. The first-order valence-corrected chi connectivity index (χ1v) is 9.95. The Hall–Kier alpha value is -3.58. The van der Waals surface area contributed by atoms with Crippen molar-refractivity contribution in [3.05, 3.63) is 70.3 Å². The molecule has 0 atom stereocenters. The van der Waals surface area contributed by atoms with Gasteiger partial charge in [0.25, 0.3) is 0 Å². The Labute approximate surface area is 171 Å². The lowest BCUT2D eigenvalue weighted by Crippen LogP contribution is -2.12. The van der Waals surface area contributed by atoms with Crippen LogP contribution in [0.25, 0.3) is 22.0 Å². The van der Waals surface area contributed by atoms with E-state index in [1.807, 2.05) is 36.6 Å². The molecule has 6 nitrogen and oxygen atoms in total. The first kappa shape index (κ1) is 18.8. The van der Waals surface area contributed by atoms with Gasteiger partial charge in [0, 0.05) is 23.1 Å². The number of aromatic hydroxyl groups is 3. The van der Waals surface area contributed by atoms with E-state index in [9.17, 15) is 15.3 Å². The smallest absolute Gasteiger partial charge is 0.206 e. The average Bonchev–Trinajstić information content (AvgIpc) is 3.14. The van der Waals surface area contributed by atoms with Crippen LogP contribution in [0.1, 0.15) is 12.5 Å². The Morgan fingerprint density at radius 2 is 1.76 bits per heavy atom. The normalized spacial score (nSPS) is 12.2. The lowest BCUT2D eigenvalue weighted by Gasteiger charge is -2.08. The molecule has 4 aromatic rings. The first-order chi connectivity index (χ1) is 14.1. The summed E-state index contributed by atoms with van der Waals surface area (Å²) in [4.78, 5) is 5.23. The number of benzene rings is 3. The van der Waals surface area contributed by atoms with Gasteiger partial charge in [0.2, 0.25) is 10.6 Å². The SMILES string of the molecule is CCN=c1scc(-c2cccc3ccccc23)n1N=Cc1ccc(O)c(O)c1O. The van der Waals surface area contributed by atoms with Crippen molar-refractivity contribution in [1.29, 1.82) is 0 Å². The molecule has 0 saturated carbocycles. The molecule has 29 heavy (non-hydrogen) atoms. The van der Waals surface area contributed by atoms with E-state index in [-0.39, 0.29) is 11.3 Å². The van der Waals surface area contributed by atoms with Gasteiger partial charge in [-0.2, -0.15) is 5.10 Å². The quantitative estimate of drug-likeness (QED) is 0.349.